The molecule has 6 heteroatoms. The van der Waals surface area contributed by atoms with Gasteiger partial charge in [0, 0.05) is 6.20 Å². The van der Waals surface area contributed by atoms with E-state index < -0.39 is 0 Å². The summed E-state index contributed by atoms with van der Waals surface area (Å²) in [6.07, 6.45) is 5.26. The Morgan fingerprint density at radius 1 is 1.13 bits per heavy atom. The first-order valence-electron chi connectivity index (χ1n) is 7.21. The van der Waals surface area contributed by atoms with Crippen LogP contribution in [-0.2, 0) is 6.54 Å². The van der Waals surface area contributed by atoms with Crippen LogP contribution < -0.4 is 10.3 Å². The number of fused-ring (bicyclic) bond motifs is 2. The molecular weight excluding hydrogens is 292 g/mol. The highest BCUT2D eigenvalue weighted by molar-refractivity contribution is 5.83. The minimum atomic E-state index is -0.0974. The molecule has 3 heterocycles. The van der Waals surface area contributed by atoms with Crippen molar-refractivity contribution in [3.63, 3.8) is 0 Å². The van der Waals surface area contributed by atoms with E-state index in [-0.39, 0.29) is 5.56 Å². The number of pyridine rings is 1. The summed E-state index contributed by atoms with van der Waals surface area (Å²) in [6, 6.07) is 11.1. The van der Waals surface area contributed by atoms with E-state index >= 15 is 0 Å². The van der Waals surface area contributed by atoms with Gasteiger partial charge in [0.15, 0.2) is 0 Å². The van der Waals surface area contributed by atoms with Crippen molar-refractivity contribution < 1.29 is 4.74 Å². The fraction of sp³-hybridized carbons (Fsp3) is 0.118. The van der Waals surface area contributed by atoms with Gasteiger partial charge in [0.25, 0.3) is 5.56 Å². The normalized spacial score (nSPS) is 11.2. The average molecular weight is 306 g/mol. The van der Waals surface area contributed by atoms with Crippen molar-refractivity contribution in [2.45, 2.75) is 6.54 Å². The van der Waals surface area contributed by atoms with Crippen molar-refractivity contribution in [2.75, 3.05) is 7.11 Å². The molecule has 114 valence electrons. The van der Waals surface area contributed by atoms with Crippen molar-refractivity contribution in [2.24, 2.45) is 0 Å². The zero-order valence-electron chi connectivity index (χ0n) is 12.5. The molecule has 0 saturated carbocycles. The van der Waals surface area contributed by atoms with Crippen LogP contribution in [0.5, 0.6) is 5.75 Å². The summed E-state index contributed by atoms with van der Waals surface area (Å²) >= 11 is 0. The number of hydrogen-bond donors (Lipinski definition) is 0. The first-order chi connectivity index (χ1) is 11.3. The van der Waals surface area contributed by atoms with Crippen LogP contribution >= 0.6 is 0 Å². The maximum Gasteiger partial charge on any atom is 0.261 e. The first kappa shape index (κ1) is 13.5. The number of hydrogen-bond acceptors (Lipinski definition) is 4. The summed E-state index contributed by atoms with van der Waals surface area (Å²) in [5.74, 6) is 0.599. The summed E-state index contributed by atoms with van der Waals surface area (Å²) in [6.45, 7) is 0.407. The summed E-state index contributed by atoms with van der Waals surface area (Å²) in [4.78, 5) is 21.4. The van der Waals surface area contributed by atoms with E-state index in [9.17, 15) is 4.79 Å². The molecule has 6 nitrogen and oxygen atoms in total. The van der Waals surface area contributed by atoms with Gasteiger partial charge in [-0.3, -0.25) is 9.36 Å². The van der Waals surface area contributed by atoms with E-state index in [0.29, 0.717) is 23.2 Å². The summed E-state index contributed by atoms with van der Waals surface area (Å²) < 4.78 is 8.80. The Morgan fingerprint density at radius 2 is 2.04 bits per heavy atom. The Bertz CT molecular complexity index is 1070. The van der Waals surface area contributed by atoms with Gasteiger partial charge in [-0.25, -0.2) is 9.97 Å². The molecule has 0 unspecified atom stereocenters. The molecule has 0 fully saturated rings. The molecule has 0 aliphatic carbocycles. The minimum absolute atomic E-state index is 0.0974. The van der Waals surface area contributed by atoms with Gasteiger partial charge in [-0.15, -0.1) is 0 Å². The number of benzene rings is 1. The highest BCUT2D eigenvalue weighted by Crippen LogP contribution is 2.20. The molecule has 4 aromatic rings. The van der Waals surface area contributed by atoms with Gasteiger partial charge >= 0.3 is 0 Å². The lowest BCUT2D eigenvalue weighted by molar-refractivity contribution is 0.418. The Hall–Kier alpha value is -3.15. The highest BCUT2D eigenvalue weighted by Gasteiger charge is 2.10. The van der Waals surface area contributed by atoms with Crippen LogP contribution in [0.25, 0.3) is 16.6 Å². The molecule has 0 aliphatic rings. The Balaban J connectivity index is 1.84. The Kier molecular flexibility index (Phi) is 3.08. The Morgan fingerprint density at radius 3 is 2.91 bits per heavy atom. The number of methoxy groups -OCH3 is 1. The van der Waals surface area contributed by atoms with E-state index in [1.165, 1.54) is 0 Å². The zero-order chi connectivity index (χ0) is 15.8. The predicted octanol–water partition coefficient (Wildman–Crippen LogP) is 2.10. The zero-order valence-corrected chi connectivity index (χ0v) is 12.5. The summed E-state index contributed by atoms with van der Waals surface area (Å²) in [5, 5.41) is 0.542. The van der Waals surface area contributed by atoms with Crippen molar-refractivity contribution in [3.8, 4) is 5.75 Å². The third-order valence-corrected chi connectivity index (χ3v) is 3.86. The van der Waals surface area contributed by atoms with Crippen LogP contribution in [0.1, 0.15) is 5.69 Å². The van der Waals surface area contributed by atoms with Crippen molar-refractivity contribution >= 4 is 16.6 Å². The monoisotopic (exact) mass is 306 g/mol. The second-order valence-corrected chi connectivity index (χ2v) is 5.21. The van der Waals surface area contributed by atoms with Crippen molar-refractivity contribution in [1.29, 1.82) is 0 Å². The van der Waals surface area contributed by atoms with Crippen LogP contribution in [0.4, 0.5) is 0 Å². The van der Waals surface area contributed by atoms with E-state index in [1.807, 2.05) is 28.8 Å². The van der Waals surface area contributed by atoms with Gasteiger partial charge in [-0.2, -0.15) is 0 Å². The highest BCUT2D eigenvalue weighted by atomic mass is 16.5. The molecule has 0 radical (unpaired) electrons. The molecule has 0 spiro atoms. The number of imidazole rings is 1. The van der Waals surface area contributed by atoms with Crippen LogP contribution in [0.15, 0.2) is 59.9 Å². The minimum Gasteiger partial charge on any atom is -0.494 e. The average Bonchev–Trinajstić information content (AvgIpc) is 3.00. The maximum atomic E-state index is 12.7. The van der Waals surface area contributed by atoms with Crippen LogP contribution in [0.2, 0.25) is 0 Å². The largest absolute Gasteiger partial charge is 0.494 e. The number of aromatic nitrogens is 4. The quantitative estimate of drug-likeness (QED) is 0.581. The third kappa shape index (κ3) is 2.15. The fourth-order valence-electron chi connectivity index (χ4n) is 2.72. The number of para-hydroxylation sites is 1. The number of ether oxygens (including phenoxy) is 1. The van der Waals surface area contributed by atoms with Crippen molar-refractivity contribution in [1.82, 2.24) is 18.9 Å². The lowest BCUT2D eigenvalue weighted by Crippen LogP contribution is -2.21. The molecule has 0 atom stereocenters. The molecule has 0 bridgehead atoms. The first-order valence-corrected chi connectivity index (χ1v) is 7.21. The molecule has 23 heavy (non-hydrogen) atoms. The maximum absolute atomic E-state index is 12.7. The molecule has 1 aromatic carbocycles. The van der Waals surface area contributed by atoms with Crippen molar-refractivity contribution in [3.05, 3.63) is 71.2 Å². The number of nitrogens with zero attached hydrogens (tertiary/aromatic N) is 4. The van der Waals surface area contributed by atoms with Crippen LogP contribution in [0, 0.1) is 0 Å². The SMILES string of the molecule is COc1cccc2c(=O)n(Cc3cnc4ccccn34)cnc12. The summed E-state index contributed by atoms with van der Waals surface area (Å²) in [7, 11) is 1.57. The standard InChI is InChI=1S/C17H14N4O2/c1-23-14-6-4-5-13-16(14)19-11-20(17(13)22)10-12-9-18-15-7-2-3-8-21(12)15/h2-9,11H,10H2,1H3. The second kappa shape index (κ2) is 5.24. The fourth-order valence-corrected chi connectivity index (χ4v) is 2.72. The number of rotatable bonds is 3. The van der Waals surface area contributed by atoms with Gasteiger partial charge in [-0.1, -0.05) is 12.1 Å². The summed E-state index contributed by atoms with van der Waals surface area (Å²) in [5.41, 5.74) is 2.26. The molecule has 0 N–H and O–H groups in total. The molecule has 3 aromatic heterocycles. The molecule has 0 amide bonds. The van der Waals surface area contributed by atoms with Gasteiger partial charge in [-0.05, 0) is 24.3 Å². The second-order valence-electron chi connectivity index (χ2n) is 5.21. The van der Waals surface area contributed by atoms with E-state index in [1.54, 1.807) is 42.4 Å². The van der Waals surface area contributed by atoms with Gasteiger partial charge in [0.2, 0.25) is 0 Å². The Labute approximate surface area is 131 Å². The molecule has 4 rings (SSSR count). The van der Waals surface area contributed by atoms with Gasteiger partial charge in [0.1, 0.15) is 16.9 Å². The molecular formula is C17H14N4O2. The van der Waals surface area contributed by atoms with E-state index in [2.05, 4.69) is 9.97 Å². The topological polar surface area (TPSA) is 61.4 Å². The third-order valence-electron chi connectivity index (χ3n) is 3.86. The van der Waals surface area contributed by atoms with Gasteiger partial charge < -0.3 is 9.14 Å². The predicted molar refractivity (Wildman–Crippen MR) is 86.8 cm³/mol. The van der Waals surface area contributed by atoms with Crippen LogP contribution in [0.3, 0.4) is 0 Å². The lowest BCUT2D eigenvalue weighted by atomic mass is 10.2. The van der Waals surface area contributed by atoms with E-state index in [4.69, 9.17) is 4.74 Å². The van der Waals surface area contributed by atoms with Crippen LogP contribution in [-0.4, -0.2) is 26.0 Å². The molecule has 0 saturated heterocycles. The smallest absolute Gasteiger partial charge is 0.261 e. The lowest BCUT2D eigenvalue weighted by Gasteiger charge is -2.08. The van der Waals surface area contributed by atoms with E-state index in [0.717, 1.165) is 11.3 Å². The molecule has 0 aliphatic heterocycles. The van der Waals surface area contributed by atoms with Gasteiger partial charge in [0.05, 0.1) is 37.3 Å².